The lowest BCUT2D eigenvalue weighted by atomic mass is 10.1. The highest BCUT2D eigenvalue weighted by atomic mass is 16.6. The van der Waals surface area contributed by atoms with Gasteiger partial charge in [-0.1, -0.05) is 13.3 Å². The summed E-state index contributed by atoms with van der Waals surface area (Å²) >= 11 is 0. The van der Waals surface area contributed by atoms with Crippen molar-refractivity contribution < 1.29 is 14.8 Å². The molecule has 17 heavy (non-hydrogen) atoms. The molecule has 0 aliphatic rings. The van der Waals surface area contributed by atoms with Crippen LogP contribution in [0.25, 0.3) is 0 Å². The molecule has 0 aromatic carbocycles. The topological polar surface area (TPSA) is 98.4 Å². The SMILES string of the molecule is CCCC(O)Cc1ncnc(OC)c1[N+](=O)[O-]. The van der Waals surface area contributed by atoms with Crippen molar-refractivity contribution in [3.63, 3.8) is 0 Å². The third-order valence-electron chi connectivity index (χ3n) is 2.29. The largest absolute Gasteiger partial charge is 0.476 e. The fourth-order valence-electron chi connectivity index (χ4n) is 1.54. The normalized spacial score (nSPS) is 12.2. The fourth-order valence-corrected chi connectivity index (χ4v) is 1.54. The number of hydrogen-bond acceptors (Lipinski definition) is 6. The Morgan fingerprint density at radius 1 is 1.59 bits per heavy atom. The van der Waals surface area contributed by atoms with Crippen molar-refractivity contribution >= 4 is 5.69 Å². The Labute approximate surface area is 98.6 Å². The lowest BCUT2D eigenvalue weighted by Crippen LogP contribution is -2.13. The highest BCUT2D eigenvalue weighted by molar-refractivity contribution is 5.44. The van der Waals surface area contributed by atoms with E-state index in [2.05, 4.69) is 9.97 Å². The molecule has 0 saturated heterocycles. The van der Waals surface area contributed by atoms with Gasteiger partial charge in [0.15, 0.2) is 0 Å². The van der Waals surface area contributed by atoms with E-state index < -0.39 is 11.0 Å². The van der Waals surface area contributed by atoms with Crippen molar-refractivity contribution in [2.75, 3.05) is 7.11 Å². The zero-order valence-electron chi connectivity index (χ0n) is 9.79. The Morgan fingerprint density at radius 2 is 2.29 bits per heavy atom. The third kappa shape index (κ3) is 3.35. The van der Waals surface area contributed by atoms with E-state index in [4.69, 9.17) is 4.74 Å². The molecule has 1 atom stereocenters. The average Bonchev–Trinajstić information content (AvgIpc) is 2.28. The van der Waals surface area contributed by atoms with E-state index in [1.165, 1.54) is 13.4 Å². The van der Waals surface area contributed by atoms with Gasteiger partial charge in [-0.05, 0) is 6.42 Å². The first-order valence-electron chi connectivity index (χ1n) is 5.30. The molecule has 0 radical (unpaired) electrons. The minimum Gasteiger partial charge on any atom is -0.476 e. The highest BCUT2D eigenvalue weighted by Gasteiger charge is 2.24. The molecule has 1 aromatic heterocycles. The number of rotatable bonds is 6. The summed E-state index contributed by atoms with van der Waals surface area (Å²) < 4.78 is 4.81. The second-order valence-electron chi connectivity index (χ2n) is 3.58. The molecule has 1 aromatic rings. The molecule has 7 heteroatoms. The van der Waals surface area contributed by atoms with Crippen LogP contribution >= 0.6 is 0 Å². The predicted molar refractivity (Wildman–Crippen MR) is 59.9 cm³/mol. The van der Waals surface area contributed by atoms with Crippen LogP contribution in [0.15, 0.2) is 6.33 Å². The molecular formula is C10H15N3O4. The summed E-state index contributed by atoms with van der Waals surface area (Å²) in [6.07, 6.45) is 2.06. The molecule has 0 bridgehead atoms. The van der Waals surface area contributed by atoms with Crippen molar-refractivity contribution in [3.8, 4) is 5.88 Å². The molecule has 94 valence electrons. The molecule has 1 heterocycles. The number of aromatic nitrogens is 2. The minimum absolute atomic E-state index is 0.0799. The summed E-state index contributed by atoms with van der Waals surface area (Å²) in [6, 6.07) is 0. The van der Waals surface area contributed by atoms with E-state index in [1.54, 1.807) is 0 Å². The van der Waals surface area contributed by atoms with Crippen molar-refractivity contribution in [1.82, 2.24) is 9.97 Å². The summed E-state index contributed by atoms with van der Waals surface area (Å²) in [7, 11) is 1.31. The first kappa shape index (κ1) is 13.3. The van der Waals surface area contributed by atoms with E-state index in [-0.39, 0.29) is 23.7 Å². The van der Waals surface area contributed by atoms with Crippen molar-refractivity contribution in [2.24, 2.45) is 0 Å². The van der Waals surface area contributed by atoms with Gasteiger partial charge in [0.1, 0.15) is 12.0 Å². The average molecular weight is 241 g/mol. The van der Waals surface area contributed by atoms with Gasteiger partial charge in [-0.3, -0.25) is 10.1 Å². The Bertz CT molecular complexity index is 397. The summed E-state index contributed by atoms with van der Waals surface area (Å²) in [4.78, 5) is 17.8. The van der Waals surface area contributed by atoms with Crippen LogP contribution in [0.5, 0.6) is 5.88 Å². The van der Waals surface area contributed by atoms with Crippen LogP contribution in [-0.2, 0) is 6.42 Å². The molecule has 0 fully saturated rings. The number of methoxy groups -OCH3 is 1. The monoisotopic (exact) mass is 241 g/mol. The maximum absolute atomic E-state index is 10.9. The van der Waals surface area contributed by atoms with Crippen LogP contribution in [0.4, 0.5) is 5.69 Å². The van der Waals surface area contributed by atoms with Crippen molar-refractivity contribution in [1.29, 1.82) is 0 Å². The van der Waals surface area contributed by atoms with E-state index >= 15 is 0 Å². The molecule has 7 nitrogen and oxygen atoms in total. The Hall–Kier alpha value is -1.76. The maximum Gasteiger partial charge on any atom is 0.352 e. The Kier molecular flexibility index (Phi) is 4.77. The van der Waals surface area contributed by atoms with E-state index in [1.807, 2.05) is 6.92 Å². The molecule has 0 aliphatic carbocycles. The van der Waals surface area contributed by atoms with Gasteiger partial charge in [0.05, 0.1) is 18.1 Å². The lowest BCUT2D eigenvalue weighted by Gasteiger charge is -2.09. The van der Waals surface area contributed by atoms with E-state index in [0.717, 1.165) is 6.42 Å². The second-order valence-corrected chi connectivity index (χ2v) is 3.58. The van der Waals surface area contributed by atoms with Crippen LogP contribution < -0.4 is 4.74 Å². The summed E-state index contributed by atoms with van der Waals surface area (Å²) in [6.45, 7) is 1.93. The van der Waals surface area contributed by atoms with Crippen LogP contribution in [0, 0.1) is 10.1 Å². The van der Waals surface area contributed by atoms with Crippen LogP contribution in [0.2, 0.25) is 0 Å². The molecule has 0 aliphatic heterocycles. The van der Waals surface area contributed by atoms with Crippen LogP contribution in [0.1, 0.15) is 25.5 Å². The first-order chi connectivity index (χ1) is 8.10. The van der Waals surface area contributed by atoms with Gasteiger partial charge < -0.3 is 9.84 Å². The van der Waals surface area contributed by atoms with Crippen molar-refractivity contribution in [2.45, 2.75) is 32.3 Å². The van der Waals surface area contributed by atoms with Crippen molar-refractivity contribution in [3.05, 3.63) is 22.1 Å². The molecule has 0 amide bonds. The zero-order valence-corrected chi connectivity index (χ0v) is 9.79. The number of aliphatic hydroxyl groups excluding tert-OH is 1. The molecule has 1 unspecified atom stereocenters. The quantitative estimate of drug-likeness (QED) is 0.591. The van der Waals surface area contributed by atoms with Gasteiger partial charge in [0, 0.05) is 6.42 Å². The van der Waals surface area contributed by atoms with Gasteiger partial charge in [0.2, 0.25) is 0 Å². The number of ether oxygens (including phenoxy) is 1. The third-order valence-corrected chi connectivity index (χ3v) is 2.29. The van der Waals surface area contributed by atoms with E-state index in [0.29, 0.717) is 6.42 Å². The molecule has 0 saturated carbocycles. The smallest absolute Gasteiger partial charge is 0.352 e. The van der Waals surface area contributed by atoms with Crippen LogP contribution in [-0.4, -0.2) is 33.2 Å². The molecular weight excluding hydrogens is 226 g/mol. The lowest BCUT2D eigenvalue weighted by molar-refractivity contribution is -0.387. The highest BCUT2D eigenvalue weighted by Crippen LogP contribution is 2.27. The van der Waals surface area contributed by atoms with Crippen LogP contribution in [0.3, 0.4) is 0 Å². The van der Waals surface area contributed by atoms with E-state index in [9.17, 15) is 15.2 Å². The van der Waals surface area contributed by atoms with Gasteiger partial charge in [-0.2, -0.15) is 4.98 Å². The fraction of sp³-hybridized carbons (Fsp3) is 0.600. The number of aliphatic hydroxyl groups is 1. The molecule has 1 rings (SSSR count). The summed E-state index contributed by atoms with van der Waals surface area (Å²) in [5.74, 6) is -0.0799. The minimum atomic E-state index is -0.640. The summed E-state index contributed by atoms with van der Waals surface area (Å²) in [5.41, 5.74) is -0.0760. The van der Waals surface area contributed by atoms with Gasteiger partial charge >= 0.3 is 5.69 Å². The first-order valence-corrected chi connectivity index (χ1v) is 5.30. The van der Waals surface area contributed by atoms with Gasteiger partial charge in [-0.25, -0.2) is 4.98 Å². The zero-order chi connectivity index (χ0) is 12.8. The summed E-state index contributed by atoms with van der Waals surface area (Å²) in [5, 5.41) is 20.6. The molecule has 1 N–H and O–H groups in total. The number of nitrogens with zero attached hydrogens (tertiary/aromatic N) is 3. The maximum atomic E-state index is 10.9. The Balaban J connectivity index is 3.02. The standard InChI is InChI=1S/C10H15N3O4/c1-3-4-7(14)5-8-9(13(15)16)10(17-2)12-6-11-8/h6-7,14H,3-5H2,1-2H3. The van der Waals surface area contributed by atoms with Gasteiger partial charge in [-0.15, -0.1) is 0 Å². The Morgan fingerprint density at radius 3 is 2.82 bits per heavy atom. The predicted octanol–water partition coefficient (Wildman–Crippen LogP) is 1.10. The molecule has 0 spiro atoms. The second kappa shape index (κ2) is 6.09. The number of hydrogen-bond donors (Lipinski definition) is 1. The number of nitro groups is 1. The van der Waals surface area contributed by atoms with Gasteiger partial charge in [0.25, 0.3) is 5.88 Å².